The number of allylic oxidation sites excluding steroid dienone is 1. The van der Waals surface area contributed by atoms with E-state index in [-0.39, 0.29) is 6.10 Å². The molecule has 1 aromatic rings. The lowest BCUT2D eigenvalue weighted by Gasteiger charge is -2.06. The summed E-state index contributed by atoms with van der Waals surface area (Å²) in [6.45, 7) is 5.67. The highest BCUT2D eigenvalue weighted by molar-refractivity contribution is 5.78. The molecule has 0 aliphatic rings. The van der Waals surface area contributed by atoms with E-state index in [0.717, 1.165) is 18.4 Å². The summed E-state index contributed by atoms with van der Waals surface area (Å²) in [7, 11) is 0. The van der Waals surface area contributed by atoms with Crippen LogP contribution in [-0.2, 0) is 4.84 Å². The molecule has 1 aromatic carbocycles. The molecule has 0 aliphatic carbocycles. The fourth-order valence-electron chi connectivity index (χ4n) is 1.14. The lowest BCUT2D eigenvalue weighted by molar-refractivity contribution is 0.0684. The van der Waals surface area contributed by atoms with Gasteiger partial charge in [0.15, 0.2) is 0 Å². The fraction of sp³-hybridized carbons (Fsp3) is 0.308. The van der Waals surface area contributed by atoms with Crippen molar-refractivity contribution < 1.29 is 4.84 Å². The van der Waals surface area contributed by atoms with Crippen molar-refractivity contribution in [1.29, 1.82) is 0 Å². The molecule has 0 spiro atoms. The van der Waals surface area contributed by atoms with E-state index in [9.17, 15) is 0 Å². The molecule has 0 amide bonds. The quantitative estimate of drug-likeness (QED) is 0.394. The predicted molar refractivity (Wildman–Crippen MR) is 64.0 cm³/mol. The molecule has 80 valence electrons. The topological polar surface area (TPSA) is 21.6 Å². The Kier molecular flexibility index (Phi) is 5.23. The third kappa shape index (κ3) is 5.01. The summed E-state index contributed by atoms with van der Waals surface area (Å²) in [5, 5.41) is 3.94. The van der Waals surface area contributed by atoms with Crippen LogP contribution in [0.1, 0.15) is 25.3 Å². The van der Waals surface area contributed by atoms with Crippen molar-refractivity contribution >= 4 is 6.21 Å². The molecule has 0 fully saturated rings. The van der Waals surface area contributed by atoms with E-state index >= 15 is 0 Å². The van der Waals surface area contributed by atoms with E-state index in [2.05, 4.69) is 11.7 Å². The minimum Gasteiger partial charge on any atom is -0.393 e. The van der Waals surface area contributed by atoms with E-state index in [1.165, 1.54) is 0 Å². The summed E-state index contributed by atoms with van der Waals surface area (Å²) in [4.78, 5) is 5.27. The second-order valence-corrected chi connectivity index (χ2v) is 3.43. The zero-order chi connectivity index (χ0) is 10.9. The molecule has 1 rings (SSSR count). The van der Waals surface area contributed by atoms with Gasteiger partial charge >= 0.3 is 0 Å². The first-order valence-electron chi connectivity index (χ1n) is 5.18. The lowest BCUT2D eigenvalue weighted by atomic mass is 10.2. The maximum atomic E-state index is 5.27. The van der Waals surface area contributed by atoms with E-state index in [4.69, 9.17) is 4.84 Å². The van der Waals surface area contributed by atoms with Gasteiger partial charge in [0.1, 0.15) is 6.10 Å². The van der Waals surface area contributed by atoms with Gasteiger partial charge in [-0.05, 0) is 25.3 Å². The van der Waals surface area contributed by atoms with Gasteiger partial charge in [0, 0.05) is 0 Å². The van der Waals surface area contributed by atoms with Crippen molar-refractivity contribution in [3.05, 3.63) is 48.6 Å². The van der Waals surface area contributed by atoms with Gasteiger partial charge in [-0.15, -0.1) is 6.58 Å². The van der Waals surface area contributed by atoms with Gasteiger partial charge in [-0.2, -0.15) is 0 Å². The van der Waals surface area contributed by atoms with Gasteiger partial charge in [0.05, 0.1) is 6.21 Å². The van der Waals surface area contributed by atoms with E-state index in [1.54, 1.807) is 6.21 Å². The van der Waals surface area contributed by atoms with Crippen LogP contribution in [0.3, 0.4) is 0 Å². The molecule has 0 saturated carbocycles. The molecule has 0 saturated heterocycles. The average molecular weight is 203 g/mol. The van der Waals surface area contributed by atoms with E-state index in [0.29, 0.717) is 0 Å². The highest BCUT2D eigenvalue weighted by Crippen LogP contribution is 2.02. The van der Waals surface area contributed by atoms with Crippen LogP contribution >= 0.6 is 0 Å². The Hall–Kier alpha value is -1.57. The van der Waals surface area contributed by atoms with Crippen molar-refractivity contribution in [3.63, 3.8) is 0 Å². The Bertz CT molecular complexity index is 306. The minimum absolute atomic E-state index is 0.142. The number of rotatable bonds is 6. The fourth-order valence-corrected chi connectivity index (χ4v) is 1.14. The van der Waals surface area contributed by atoms with Gasteiger partial charge in [-0.1, -0.05) is 41.6 Å². The van der Waals surface area contributed by atoms with Gasteiger partial charge in [-0.3, -0.25) is 0 Å². The molecule has 1 atom stereocenters. The first-order valence-corrected chi connectivity index (χ1v) is 5.18. The first-order chi connectivity index (χ1) is 7.33. The summed E-state index contributed by atoms with van der Waals surface area (Å²) >= 11 is 0. The zero-order valence-corrected chi connectivity index (χ0v) is 9.10. The van der Waals surface area contributed by atoms with Crippen LogP contribution in [0.4, 0.5) is 0 Å². The predicted octanol–water partition coefficient (Wildman–Crippen LogP) is 3.39. The monoisotopic (exact) mass is 203 g/mol. The van der Waals surface area contributed by atoms with Crippen molar-refractivity contribution in [2.45, 2.75) is 25.9 Å². The summed E-state index contributed by atoms with van der Waals surface area (Å²) in [6.07, 6.45) is 5.67. The van der Waals surface area contributed by atoms with E-state index in [1.807, 2.05) is 43.3 Å². The molecular weight excluding hydrogens is 186 g/mol. The van der Waals surface area contributed by atoms with Crippen LogP contribution in [0, 0.1) is 0 Å². The van der Waals surface area contributed by atoms with Gasteiger partial charge in [0.25, 0.3) is 0 Å². The molecule has 2 nitrogen and oxygen atoms in total. The number of hydrogen-bond acceptors (Lipinski definition) is 2. The molecule has 0 aromatic heterocycles. The second kappa shape index (κ2) is 6.82. The molecule has 2 heteroatoms. The number of hydrogen-bond donors (Lipinski definition) is 0. The lowest BCUT2D eigenvalue weighted by Crippen LogP contribution is -2.03. The zero-order valence-electron chi connectivity index (χ0n) is 9.10. The maximum absolute atomic E-state index is 5.27. The Labute approximate surface area is 91.3 Å². The summed E-state index contributed by atoms with van der Waals surface area (Å²) in [6, 6.07) is 9.90. The number of benzene rings is 1. The largest absolute Gasteiger partial charge is 0.393 e. The second-order valence-electron chi connectivity index (χ2n) is 3.43. The molecule has 0 N–H and O–H groups in total. The SMILES string of the molecule is C=CCCC(C)O/N=C/c1ccccc1. The smallest absolute Gasteiger partial charge is 0.125 e. The standard InChI is InChI=1S/C13H17NO/c1-3-4-8-12(2)15-14-11-13-9-6-5-7-10-13/h3,5-7,9-12H,1,4,8H2,2H3/b14-11+. The number of nitrogens with zero attached hydrogens (tertiary/aromatic N) is 1. The Morgan fingerprint density at radius 2 is 2.13 bits per heavy atom. The summed E-state index contributed by atoms with van der Waals surface area (Å²) in [5.41, 5.74) is 1.05. The van der Waals surface area contributed by atoms with Crippen molar-refractivity contribution in [3.8, 4) is 0 Å². The molecule has 0 bridgehead atoms. The summed E-state index contributed by atoms with van der Waals surface area (Å²) < 4.78 is 0. The van der Waals surface area contributed by atoms with Crippen LogP contribution < -0.4 is 0 Å². The molecular formula is C13H17NO. The highest BCUT2D eigenvalue weighted by atomic mass is 16.6. The third-order valence-electron chi connectivity index (χ3n) is 2.02. The van der Waals surface area contributed by atoms with Crippen molar-refractivity contribution in [2.75, 3.05) is 0 Å². The Morgan fingerprint density at radius 1 is 1.40 bits per heavy atom. The minimum atomic E-state index is 0.142. The van der Waals surface area contributed by atoms with Crippen LogP contribution in [0.2, 0.25) is 0 Å². The first kappa shape index (κ1) is 11.5. The average Bonchev–Trinajstić information content (AvgIpc) is 2.28. The Balaban J connectivity index is 2.30. The molecule has 1 unspecified atom stereocenters. The molecule has 0 aliphatic heterocycles. The van der Waals surface area contributed by atoms with Gasteiger partial charge in [0.2, 0.25) is 0 Å². The van der Waals surface area contributed by atoms with E-state index < -0.39 is 0 Å². The number of oxime groups is 1. The van der Waals surface area contributed by atoms with Crippen LogP contribution in [0.15, 0.2) is 48.1 Å². The molecule has 0 radical (unpaired) electrons. The molecule has 15 heavy (non-hydrogen) atoms. The van der Waals surface area contributed by atoms with Gasteiger partial charge < -0.3 is 4.84 Å². The van der Waals surface area contributed by atoms with Gasteiger partial charge in [-0.25, -0.2) is 0 Å². The van der Waals surface area contributed by atoms with Crippen LogP contribution in [0.5, 0.6) is 0 Å². The van der Waals surface area contributed by atoms with Crippen LogP contribution in [-0.4, -0.2) is 12.3 Å². The third-order valence-corrected chi connectivity index (χ3v) is 2.02. The van der Waals surface area contributed by atoms with Crippen molar-refractivity contribution in [2.24, 2.45) is 5.16 Å². The van der Waals surface area contributed by atoms with Crippen molar-refractivity contribution in [1.82, 2.24) is 0 Å². The molecule has 0 heterocycles. The Morgan fingerprint density at radius 3 is 2.80 bits per heavy atom. The maximum Gasteiger partial charge on any atom is 0.125 e. The van der Waals surface area contributed by atoms with Crippen LogP contribution in [0.25, 0.3) is 0 Å². The normalized spacial score (nSPS) is 12.6. The highest BCUT2D eigenvalue weighted by Gasteiger charge is 1.98. The summed E-state index contributed by atoms with van der Waals surface area (Å²) in [5.74, 6) is 0.